The summed E-state index contributed by atoms with van der Waals surface area (Å²) in [7, 11) is 0. The van der Waals surface area contributed by atoms with Crippen LogP contribution < -0.4 is 5.56 Å². The van der Waals surface area contributed by atoms with Gasteiger partial charge in [-0.05, 0) is 24.8 Å². The first-order chi connectivity index (χ1) is 11.6. The van der Waals surface area contributed by atoms with Gasteiger partial charge in [-0.2, -0.15) is 5.10 Å². The number of aliphatic hydroxyl groups is 1. The fourth-order valence-electron chi connectivity index (χ4n) is 4.33. The van der Waals surface area contributed by atoms with Gasteiger partial charge in [0.05, 0.1) is 18.2 Å². The van der Waals surface area contributed by atoms with E-state index in [1.165, 1.54) is 4.68 Å². The number of likely N-dealkylation sites (tertiary alicyclic amines) is 1. The number of fused-ring (bicyclic) bond motifs is 2. The lowest BCUT2D eigenvalue weighted by Crippen LogP contribution is -2.38. The molecular weight excluding hydrogens is 306 g/mol. The summed E-state index contributed by atoms with van der Waals surface area (Å²) in [4.78, 5) is 26.9. The number of rotatable bonds is 3. The molecule has 1 amide bonds. The van der Waals surface area contributed by atoms with Crippen LogP contribution in [0.2, 0.25) is 0 Å². The van der Waals surface area contributed by atoms with Crippen molar-refractivity contribution in [3.8, 4) is 0 Å². The van der Waals surface area contributed by atoms with Gasteiger partial charge in [0.2, 0.25) is 5.91 Å². The lowest BCUT2D eigenvalue weighted by atomic mass is 9.82. The highest BCUT2D eigenvalue weighted by Gasteiger charge is 2.50. The van der Waals surface area contributed by atoms with Crippen molar-refractivity contribution in [2.75, 3.05) is 19.7 Å². The number of benzene rings is 1. The number of aromatic nitrogens is 2. The molecule has 1 saturated heterocycles. The number of carbonyl (C=O) groups is 1. The Morgan fingerprint density at radius 3 is 3.00 bits per heavy atom. The van der Waals surface area contributed by atoms with Crippen LogP contribution in [-0.4, -0.2) is 45.4 Å². The van der Waals surface area contributed by atoms with Crippen molar-refractivity contribution in [3.63, 3.8) is 0 Å². The SMILES string of the molecule is O=C(Cn1ncc2ccccc2c1=O)N1C[C@@H]2CCC[C@]2(CO)C1. The molecule has 4 rings (SSSR count). The molecule has 0 unspecified atom stereocenters. The van der Waals surface area contributed by atoms with Crippen molar-refractivity contribution in [2.24, 2.45) is 11.3 Å². The zero-order valence-corrected chi connectivity index (χ0v) is 13.5. The van der Waals surface area contributed by atoms with Gasteiger partial charge < -0.3 is 10.0 Å². The molecule has 6 heteroatoms. The van der Waals surface area contributed by atoms with Crippen LogP contribution in [0.15, 0.2) is 35.3 Å². The minimum atomic E-state index is -0.238. The second-order valence-corrected chi connectivity index (χ2v) is 7.08. The molecule has 1 N–H and O–H groups in total. The molecule has 24 heavy (non-hydrogen) atoms. The Morgan fingerprint density at radius 2 is 2.21 bits per heavy atom. The molecular formula is C18H21N3O3. The van der Waals surface area contributed by atoms with E-state index in [1.54, 1.807) is 17.2 Å². The van der Waals surface area contributed by atoms with E-state index in [-0.39, 0.29) is 30.0 Å². The number of carbonyl (C=O) groups excluding carboxylic acids is 1. The third-order valence-electron chi connectivity index (χ3n) is 5.75. The maximum absolute atomic E-state index is 12.6. The van der Waals surface area contributed by atoms with Crippen LogP contribution in [-0.2, 0) is 11.3 Å². The topological polar surface area (TPSA) is 75.4 Å². The first-order valence-corrected chi connectivity index (χ1v) is 8.46. The number of nitrogens with zero attached hydrogens (tertiary/aromatic N) is 3. The van der Waals surface area contributed by atoms with E-state index in [9.17, 15) is 14.7 Å². The van der Waals surface area contributed by atoms with Crippen molar-refractivity contribution >= 4 is 16.7 Å². The molecule has 2 aliphatic rings. The van der Waals surface area contributed by atoms with Gasteiger partial charge in [-0.3, -0.25) is 9.59 Å². The van der Waals surface area contributed by atoms with E-state index < -0.39 is 0 Å². The standard InChI is InChI=1S/C18H21N3O3/c22-12-18-7-3-5-14(18)9-20(11-18)16(23)10-21-17(24)15-6-2-1-4-13(15)8-19-21/h1-2,4,6,8,14,22H,3,5,7,9-12H2/t14-,18+/m0/s1. The van der Waals surface area contributed by atoms with Gasteiger partial charge in [0, 0.05) is 23.9 Å². The largest absolute Gasteiger partial charge is 0.396 e. The van der Waals surface area contributed by atoms with E-state index >= 15 is 0 Å². The normalized spacial score (nSPS) is 26.0. The van der Waals surface area contributed by atoms with Crippen LogP contribution in [0, 0.1) is 11.3 Å². The smallest absolute Gasteiger partial charge is 0.275 e. The summed E-state index contributed by atoms with van der Waals surface area (Å²) in [5, 5.41) is 15.3. The number of hydrogen-bond donors (Lipinski definition) is 1. The maximum atomic E-state index is 12.6. The predicted molar refractivity (Wildman–Crippen MR) is 89.4 cm³/mol. The van der Waals surface area contributed by atoms with Crippen LogP contribution in [0.4, 0.5) is 0 Å². The summed E-state index contributed by atoms with van der Waals surface area (Å²) in [5.41, 5.74) is -0.366. The van der Waals surface area contributed by atoms with Gasteiger partial charge in [-0.25, -0.2) is 4.68 Å². The Kier molecular flexibility index (Phi) is 3.64. The zero-order chi connectivity index (χ0) is 16.7. The molecule has 1 saturated carbocycles. The molecule has 1 aliphatic heterocycles. The Labute approximate surface area is 139 Å². The molecule has 0 spiro atoms. The molecule has 2 aromatic rings. The van der Waals surface area contributed by atoms with Gasteiger partial charge in [0.15, 0.2) is 0 Å². The summed E-state index contributed by atoms with van der Waals surface area (Å²) < 4.78 is 1.24. The van der Waals surface area contributed by atoms with Gasteiger partial charge >= 0.3 is 0 Å². The van der Waals surface area contributed by atoms with Crippen LogP contribution in [0.1, 0.15) is 19.3 Å². The van der Waals surface area contributed by atoms with Crippen molar-refractivity contribution in [1.82, 2.24) is 14.7 Å². The number of aliphatic hydroxyl groups excluding tert-OH is 1. The molecule has 2 fully saturated rings. The van der Waals surface area contributed by atoms with E-state index in [1.807, 2.05) is 18.2 Å². The van der Waals surface area contributed by atoms with Gasteiger partial charge in [-0.1, -0.05) is 24.6 Å². The molecule has 0 radical (unpaired) electrons. The average Bonchev–Trinajstić information content (AvgIpc) is 3.15. The lowest BCUT2D eigenvalue weighted by Gasteiger charge is -2.25. The highest BCUT2D eigenvalue weighted by Crippen LogP contribution is 2.48. The van der Waals surface area contributed by atoms with Crippen LogP contribution in [0.25, 0.3) is 10.8 Å². The first kappa shape index (κ1) is 15.3. The predicted octanol–water partition coefficient (Wildman–Crippen LogP) is 1.02. The fraction of sp³-hybridized carbons (Fsp3) is 0.500. The highest BCUT2D eigenvalue weighted by atomic mass is 16.3. The minimum Gasteiger partial charge on any atom is -0.396 e. The summed E-state index contributed by atoms with van der Waals surface area (Å²) >= 11 is 0. The lowest BCUT2D eigenvalue weighted by molar-refractivity contribution is -0.131. The van der Waals surface area contributed by atoms with Crippen LogP contribution in [0.5, 0.6) is 0 Å². The number of amides is 1. The Morgan fingerprint density at radius 1 is 1.38 bits per heavy atom. The van der Waals surface area contributed by atoms with Gasteiger partial charge in [0.1, 0.15) is 6.54 Å². The van der Waals surface area contributed by atoms with Crippen molar-refractivity contribution in [1.29, 1.82) is 0 Å². The summed E-state index contributed by atoms with van der Waals surface area (Å²) in [6.07, 6.45) is 4.79. The second kappa shape index (κ2) is 5.70. The highest BCUT2D eigenvalue weighted by molar-refractivity contribution is 5.81. The second-order valence-electron chi connectivity index (χ2n) is 7.08. The molecule has 0 bridgehead atoms. The minimum absolute atomic E-state index is 0.0438. The third-order valence-corrected chi connectivity index (χ3v) is 5.75. The Hall–Kier alpha value is -2.21. The van der Waals surface area contributed by atoms with E-state index in [0.717, 1.165) is 24.6 Å². The van der Waals surface area contributed by atoms with Crippen molar-refractivity contribution < 1.29 is 9.90 Å². The maximum Gasteiger partial charge on any atom is 0.275 e. The molecule has 1 aliphatic carbocycles. The molecule has 1 aromatic carbocycles. The quantitative estimate of drug-likeness (QED) is 0.913. The summed E-state index contributed by atoms with van der Waals surface area (Å²) in [6.45, 7) is 1.37. The number of hydrogen-bond acceptors (Lipinski definition) is 4. The monoisotopic (exact) mass is 327 g/mol. The Balaban J connectivity index is 1.55. The van der Waals surface area contributed by atoms with Crippen LogP contribution in [0.3, 0.4) is 0 Å². The van der Waals surface area contributed by atoms with Crippen molar-refractivity contribution in [2.45, 2.75) is 25.8 Å². The van der Waals surface area contributed by atoms with Crippen molar-refractivity contribution in [3.05, 3.63) is 40.8 Å². The average molecular weight is 327 g/mol. The van der Waals surface area contributed by atoms with Crippen LogP contribution >= 0.6 is 0 Å². The molecule has 6 nitrogen and oxygen atoms in total. The summed E-state index contributed by atoms with van der Waals surface area (Å²) in [6, 6.07) is 7.25. The molecule has 2 heterocycles. The fourth-order valence-corrected chi connectivity index (χ4v) is 4.33. The van der Waals surface area contributed by atoms with E-state index in [0.29, 0.717) is 24.4 Å². The zero-order valence-electron chi connectivity index (χ0n) is 13.5. The van der Waals surface area contributed by atoms with Gasteiger partial charge in [-0.15, -0.1) is 0 Å². The first-order valence-electron chi connectivity index (χ1n) is 8.46. The molecule has 2 atom stereocenters. The van der Waals surface area contributed by atoms with E-state index in [4.69, 9.17) is 0 Å². The molecule has 1 aromatic heterocycles. The van der Waals surface area contributed by atoms with Gasteiger partial charge in [0.25, 0.3) is 5.56 Å². The van der Waals surface area contributed by atoms with E-state index in [2.05, 4.69) is 5.10 Å². The summed E-state index contributed by atoms with van der Waals surface area (Å²) in [5.74, 6) is 0.287. The molecule has 126 valence electrons. The Bertz CT molecular complexity index is 847. The third kappa shape index (κ3) is 2.33.